The van der Waals surface area contributed by atoms with Gasteiger partial charge in [0.25, 0.3) is 5.91 Å². The van der Waals surface area contributed by atoms with Gasteiger partial charge in [0.15, 0.2) is 5.76 Å². The highest BCUT2D eigenvalue weighted by Crippen LogP contribution is 2.14. The Morgan fingerprint density at radius 3 is 2.81 bits per heavy atom. The summed E-state index contributed by atoms with van der Waals surface area (Å²) in [5, 5.41) is 3.33. The number of rotatable bonds is 4. The summed E-state index contributed by atoms with van der Waals surface area (Å²) in [4.78, 5) is 21.0. The van der Waals surface area contributed by atoms with Crippen molar-refractivity contribution in [3.05, 3.63) is 40.2 Å². The van der Waals surface area contributed by atoms with Crippen molar-refractivity contribution in [3.8, 4) is 0 Å². The molecule has 21 heavy (non-hydrogen) atoms. The number of hydrogen-bond acceptors (Lipinski definition) is 5. The van der Waals surface area contributed by atoms with Crippen molar-refractivity contribution in [3.63, 3.8) is 0 Å². The lowest BCUT2D eigenvalue weighted by molar-refractivity contribution is 0.0596. The molecule has 0 saturated carbocycles. The third kappa shape index (κ3) is 3.33. The van der Waals surface area contributed by atoms with E-state index in [2.05, 4.69) is 22.2 Å². The molecule has 1 amide bonds. The number of piperazine rings is 1. The van der Waals surface area contributed by atoms with Gasteiger partial charge in [0.1, 0.15) is 0 Å². The van der Waals surface area contributed by atoms with E-state index in [9.17, 15) is 4.79 Å². The van der Waals surface area contributed by atoms with E-state index in [4.69, 9.17) is 4.42 Å². The van der Waals surface area contributed by atoms with Crippen LogP contribution in [0.25, 0.3) is 0 Å². The molecule has 3 heterocycles. The van der Waals surface area contributed by atoms with Gasteiger partial charge in [0, 0.05) is 38.1 Å². The highest BCUT2D eigenvalue weighted by Gasteiger charge is 2.23. The summed E-state index contributed by atoms with van der Waals surface area (Å²) < 4.78 is 5.17. The predicted octanol–water partition coefficient (Wildman–Crippen LogP) is 2.26. The maximum Gasteiger partial charge on any atom is 0.289 e. The minimum Gasteiger partial charge on any atom is -0.459 e. The summed E-state index contributed by atoms with van der Waals surface area (Å²) in [7, 11) is 0. The zero-order chi connectivity index (χ0) is 14.7. The fourth-order valence-corrected chi connectivity index (χ4v) is 3.21. The van der Waals surface area contributed by atoms with Crippen LogP contribution in [-0.2, 0) is 13.0 Å². The fourth-order valence-electron chi connectivity index (χ4n) is 2.48. The monoisotopic (exact) mass is 305 g/mol. The molecule has 3 rings (SSSR count). The van der Waals surface area contributed by atoms with Crippen molar-refractivity contribution in [2.75, 3.05) is 26.2 Å². The quantitative estimate of drug-likeness (QED) is 0.869. The van der Waals surface area contributed by atoms with Gasteiger partial charge in [-0.1, -0.05) is 6.92 Å². The summed E-state index contributed by atoms with van der Waals surface area (Å²) in [6, 6.07) is 3.47. The van der Waals surface area contributed by atoms with Crippen molar-refractivity contribution in [1.29, 1.82) is 0 Å². The first-order valence-electron chi connectivity index (χ1n) is 7.24. The van der Waals surface area contributed by atoms with Crippen molar-refractivity contribution < 1.29 is 9.21 Å². The van der Waals surface area contributed by atoms with Crippen LogP contribution in [0.1, 0.15) is 28.2 Å². The van der Waals surface area contributed by atoms with Crippen LogP contribution < -0.4 is 0 Å². The van der Waals surface area contributed by atoms with E-state index in [1.54, 1.807) is 23.5 Å². The second-order valence-corrected chi connectivity index (χ2v) is 6.07. The van der Waals surface area contributed by atoms with E-state index in [0.717, 1.165) is 44.8 Å². The van der Waals surface area contributed by atoms with Gasteiger partial charge in [-0.05, 0) is 18.6 Å². The van der Waals surface area contributed by atoms with E-state index in [1.165, 1.54) is 11.3 Å². The number of hydrogen-bond donors (Lipinski definition) is 0. The lowest BCUT2D eigenvalue weighted by Crippen LogP contribution is -2.48. The Bertz CT molecular complexity index is 586. The van der Waals surface area contributed by atoms with E-state index < -0.39 is 0 Å². The van der Waals surface area contributed by atoms with Crippen LogP contribution in [0, 0.1) is 0 Å². The van der Waals surface area contributed by atoms with Gasteiger partial charge in [-0.15, -0.1) is 11.3 Å². The van der Waals surface area contributed by atoms with E-state index >= 15 is 0 Å². The number of aryl methyl sites for hydroxylation is 1. The molecule has 2 aromatic heterocycles. The summed E-state index contributed by atoms with van der Waals surface area (Å²) >= 11 is 1.73. The molecule has 0 N–H and O–H groups in total. The largest absolute Gasteiger partial charge is 0.459 e. The Morgan fingerprint density at radius 2 is 2.19 bits per heavy atom. The third-order valence-electron chi connectivity index (χ3n) is 3.68. The number of aromatic nitrogens is 1. The first-order valence-corrected chi connectivity index (χ1v) is 8.12. The molecule has 1 aliphatic rings. The number of thiazole rings is 1. The Balaban J connectivity index is 1.52. The normalized spacial score (nSPS) is 16.3. The number of amides is 1. The molecule has 0 atom stereocenters. The maximum absolute atomic E-state index is 12.2. The summed E-state index contributed by atoms with van der Waals surface area (Å²) in [6.07, 6.45) is 2.53. The van der Waals surface area contributed by atoms with E-state index in [-0.39, 0.29) is 5.91 Å². The number of carbonyl (C=O) groups is 1. The van der Waals surface area contributed by atoms with Crippen LogP contribution in [0.5, 0.6) is 0 Å². The smallest absolute Gasteiger partial charge is 0.289 e. The van der Waals surface area contributed by atoms with Crippen LogP contribution in [0.2, 0.25) is 0 Å². The Morgan fingerprint density at radius 1 is 1.38 bits per heavy atom. The lowest BCUT2D eigenvalue weighted by atomic mass is 10.2. The Labute approximate surface area is 128 Å². The molecule has 1 fully saturated rings. The molecule has 0 radical (unpaired) electrons. The van der Waals surface area contributed by atoms with Gasteiger partial charge >= 0.3 is 0 Å². The molecule has 1 saturated heterocycles. The molecule has 112 valence electrons. The molecule has 0 bridgehead atoms. The van der Waals surface area contributed by atoms with Gasteiger partial charge in [0.2, 0.25) is 0 Å². The van der Waals surface area contributed by atoms with Gasteiger partial charge in [0.05, 0.1) is 17.0 Å². The molecule has 2 aromatic rings. The molecule has 0 unspecified atom stereocenters. The van der Waals surface area contributed by atoms with Gasteiger partial charge in [-0.25, -0.2) is 4.98 Å². The number of nitrogens with zero attached hydrogens (tertiary/aromatic N) is 3. The maximum atomic E-state index is 12.2. The van der Waals surface area contributed by atoms with E-state index in [1.807, 2.05) is 4.90 Å². The minimum atomic E-state index is -0.0124. The lowest BCUT2D eigenvalue weighted by Gasteiger charge is -2.33. The molecule has 6 heteroatoms. The third-order valence-corrected chi connectivity index (χ3v) is 4.72. The van der Waals surface area contributed by atoms with Crippen molar-refractivity contribution in [1.82, 2.24) is 14.8 Å². The second-order valence-electron chi connectivity index (χ2n) is 5.13. The minimum absolute atomic E-state index is 0.0124. The average Bonchev–Trinajstić information content (AvgIpc) is 3.19. The standard InChI is InChI=1S/C15H19N3O2S/c1-2-14-16-12(11-21-14)10-17-5-7-18(8-6-17)15(19)13-4-3-9-20-13/h3-4,9,11H,2,5-8,10H2,1H3. The molecule has 0 spiro atoms. The van der Waals surface area contributed by atoms with Crippen molar-refractivity contribution in [2.45, 2.75) is 19.9 Å². The molecule has 0 aliphatic carbocycles. The van der Waals surface area contributed by atoms with Crippen LogP contribution in [0.3, 0.4) is 0 Å². The van der Waals surface area contributed by atoms with Crippen LogP contribution in [0.4, 0.5) is 0 Å². The SMILES string of the molecule is CCc1nc(CN2CCN(C(=O)c3ccco3)CC2)cs1. The molecule has 0 aromatic carbocycles. The Hall–Kier alpha value is -1.66. The Kier molecular flexibility index (Phi) is 4.36. The summed E-state index contributed by atoms with van der Waals surface area (Å²) in [5.74, 6) is 0.414. The van der Waals surface area contributed by atoms with Crippen LogP contribution in [0.15, 0.2) is 28.2 Å². The van der Waals surface area contributed by atoms with Gasteiger partial charge in [-0.3, -0.25) is 9.69 Å². The highest BCUT2D eigenvalue weighted by molar-refractivity contribution is 7.09. The molecule has 5 nitrogen and oxygen atoms in total. The fraction of sp³-hybridized carbons (Fsp3) is 0.467. The highest BCUT2D eigenvalue weighted by atomic mass is 32.1. The summed E-state index contributed by atoms with van der Waals surface area (Å²) in [6.45, 7) is 6.24. The van der Waals surface area contributed by atoms with E-state index in [0.29, 0.717) is 5.76 Å². The van der Waals surface area contributed by atoms with Crippen molar-refractivity contribution in [2.24, 2.45) is 0 Å². The van der Waals surface area contributed by atoms with Crippen LogP contribution >= 0.6 is 11.3 Å². The average molecular weight is 305 g/mol. The van der Waals surface area contributed by atoms with Crippen LogP contribution in [-0.4, -0.2) is 46.9 Å². The first-order chi connectivity index (χ1) is 10.3. The molecular weight excluding hydrogens is 286 g/mol. The zero-order valence-electron chi connectivity index (χ0n) is 12.1. The molecular formula is C15H19N3O2S. The summed E-state index contributed by atoms with van der Waals surface area (Å²) in [5.41, 5.74) is 1.14. The number of carbonyl (C=O) groups excluding carboxylic acids is 1. The zero-order valence-corrected chi connectivity index (χ0v) is 12.9. The van der Waals surface area contributed by atoms with Crippen molar-refractivity contribution >= 4 is 17.2 Å². The first kappa shape index (κ1) is 14.3. The topological polar surface area (TPSA) is 49.6 Å². The predicted molar refractivity (Wildman–Crippen MR) is 81.4 cm³/mol. The van der Waals surface area contributed by atoms with Gasteiger partial charge in [-0.2, -0.15) is 0 Å². The second kappa shape index (κ2) is 6.41. The number of furan rings is 1. The molecule has 1 aliphatic heterocycles. The van der Waals surface area contributed by atoms with Gasteiger partial charge < -0.3 is 9.32 Å².